The lowest BCUT2D eigenvalue weighted by Gasteiger charge is -1.83. The Morgan fingerprint density at radius 2 is 1.77 bits per heavy atom. The summed E-state index contributed by atoms with van der Waals surface area (Å²) in [7, 11) is 0. The molecule has 0 saturated carbocycles. The Kier molecular flexibility index (Phi) is 1.19. The van der Waals surface area contributed by atoms with E-state index in [0.717, 1.165) is 5.65 Å². The van der Waals surface area contributed by atoms with Gasteiger partial charge in [-0.25, -0.2) is 4.98 Å². The molecule has 0 amide bonds. The van der Waals surface area contributed by atoms with Gasteiger partial charge in [0.15, 0.2) is 11.0 Å². The topological polar surface area (TPSA) is 19.9 Å². The minimum absolute atomic E-state index is 1.13. The van der Waals surface area contributed by atoms with Crippen LogP contribution < -0.4 is 4.40 Å². The number of hydrogen-bond donors (Lipinski definition) is 1. The summed E-state index contributed by atoms with van der Waals surface area (Å²) < 4.78 is 2.15. The van der Waals surface area contributed by atoms with Crippen molar-refractivity contribution in [3.63, 3.8) is 0 Å². The molecular weight excluding hydrogens is 160 g/mol. The molecule has 1 aromatic carbocycles. The maximum atomic E-state index is 3.34. The average molecular weight is 169 g/mol. The SMILES string of the molecule is c1ccc2c(c1)[nH]c1cccc[n+]12. The molecule has 0 radical (unpaired) electrons. The molecule has 2 aromatic heterocycles. The molecule has 0 bridgehead atoms. The molecule has 0 saturated heterocycles. The first-order valence-electron chi connectivity index (χ1n) is 4.32. The number of rotatable bonds is 0. The summed E-state index contributed by atoms with van der Waals surface area (Å²) in [6.45, 7) is 0. The summed E-state index contributed by atoms with van der Waals surface area (Å²) in [4.78, 5) is 3.34. The Bertz CT molecular complexity index is 516. The van der Waals surface area contributed by atoms with Crippen molar-refractivity contribution in [2.75, 3.05) is 0 Å². The van der Waals surface area contributed by atoms with Crippen molar-refractivity contribution in [1.29, 1.82) is 0 Å². The van der Waals surface area contributed by atoms with Crippen LogP contribution >= 0.6 is 0 Å². The van der Waals surface area contributed by atoms with Gasteiger partial charge in [-0.05, 0) is 18.2 Å². The zero-order chi connectivity index (χ0) is 8.67. The first kappa shape index (κ1) is 6.66. The molecule has 0 aliphatic heterocycles. The van der Waals surface area contributed by atoms with Crippen LogP contribution in [0.15, 0.2) is 48.7 Å². The summed E-state index contributed by atoms with van der Waals surface area (Å²) in [6, 6.07) is 14.4. The predicted octanol–water partition coefficient (Wildman–Crippen LogP) is 1.91. The van der Waals surface area contributed by atoms with Gasteiger partial charge in [0.25, 0.3) is 5.65 Å². The van der Waals surface area contributed by atoms with Gasteiger partial charge >= 0.3 is 0 Å². The first-order valence-corrected chi connectivity index (χ1v) is 4.32. The van der Waals surface area contributed by atoms with E-state index >= 15 is 0 Å². The Labute approximate surface area is 75.5 Å². The maximum absolute atomic E-state index is 3.34. The van der Waals surface area contributed by atoms with E-state index in [1.165, 1.54) is 11.0 Å². The molecule has 1 N–H and O–H groups in total. The van der Waals surface area contributed by atoms with Crippen LogP contribution in [0, 0.1) is 0 Å². The minimum atomic E-state index is 1.13. The van der Waals surface area contributed by atoms with Gasteiger partial charge in [-0.15, -0.1) is 0 Å². The fraction of sp³-hybridized carbons (Fsp3) is 0. The smallest absolute Gasteiger partial charge is 0.237 e. The molecule has 0 atom stereocenters. The number of aromatic amines is 1. The maximum Gasteiger partial charge on any atom is 0.284 e. The number of para-hydroxylation sites is 2. The molecule has 0 fully saturated rings. The quantitative estimate of drug-likeness (QED) is 0.496. The number of H-pyrrole nitrogens is 1. The lowest BCUT2D eigenvalue weighted by atomic mass is 10.3. The van der Waals surface area contributed by atoms with Crippen LogP contribution in [0.4, 0.5) is 0 Å². The lowest BCUT2D eigenvalue weighted by molar-refractivity contribution is -0.480. The number of hydrogen-bond acceptors (Lipinski definition) is 0. The van der Waals surface area contributed by atoms with Crippen molar-refractivity contribution in [2.24, 2.45) is 0 Å². The lowest BCUT2D eigenvalue weighted by Crippen LogP contribution is -2.17. The highest BCUT2D eigenvalue weighted by molar-refractivity contribution is 5.73. The van der Waals surface area contributed by atoms with Crippen LogP contribution in [0.1, 0.15) is 0 Å². The normalized spacial score (nSPS) is 11.1. The van der Waals surface area contributed by atoms with Crippen molar-refractivity contribution < 1.29 is 4.40 Å². The molecule has 0 aliphatic carbocycles. The molecule has 62 valence electrons. The number of nitrogens with zero attached hydrogens (tertiary/aromatic N) is 1. The highest BCUT2D eigenvalue weighted by Crippen LogP contribution is 2.08. The van der Waals surface area contributed by atoms with Gasteiger partial charge in [-0.1, -0.05) is 18.2 Å². The number of fused-ring (bicyclic) bond motifs is 3. The van der Waals surface area contributed by atoms with Gasteiger partial charge in [0, 0.05) is 6.07 Å². The molecule has 3 aromatic rings. The molecular formula is C11H9N2+. The van der Waals surface area contributed by atoms with Gasteiger partial charge < -0.3 is 0 Å². The summed E-state index contributed by atoms with van der Waals surface area (Å²) in [5, 5.41) is 0. The summed E-state index contributed by atoms with van der Waals surface area (Å²) in [5.41, 5.74) is 3.52. The predicted molar refractivity (Wildman–Crippen MR) is 51.5 cm³/mol. The highest BCUT2D eigenvalue weighted by Gasteiger charge is 2.07. The van der Waals surface area contributed by atoms with Crippen LogP contribution in [0.5, 0.6) is 0 Å². The van der Waals surface area contributed by atoms with E-state index in [9.17, 15) is 0 Å². The van der Waals surface area contributed by atoms with Crippen molar-refractivity contribution in [3.05, 3.63) is 48.7 Å². The highest BCUT2D eigenvalue weighted by atomic mass is 15.0. The molecule has 2 heterocycles. The van der Waals surface area contributed by atoms with Gasteiger partial charge in [0.05, 0.1) is 6.20 Å². The summed E-state index contributed by atoms with van der Waals surface area (Å²) in [5.74, 6) is 0. The zero-order valence-electron chi connectivity index (χ0n) is 7.07. The monoisotopic (exact) mass is 169 g/mol. The van der Waals surface area contributed by atoms with Crippen LogP contribution in [0.25, 0.3) is 16.7 Å². The van der Waals surface area contributed by atoms with E-state index in [1.807, 2.05) is 18.2 Å². The van der Waals surface area contributed by atoms with Gasteiger partial charge in [-0.3, -0.25) is 0 Å². The van der Waals surface area contributed by atoms with Crippen LogP contribution in [-0.4, -0.2) is 4.98 Å². The minimum Gasteiger partial charge on any atom is -0.237 e. The molecule has 0 unspecified atom stereocenters. The van der Waals surface area contributed by atoms with Crippen molar-refractivity contribution in [3.8, 4) is 0 Å². The number of benzene rings is 1. The molecule has 3 rings (SSSR count). The molecule has 2 heteroatoms. The summed E-state index contributed by atoms with van der Waals surface area (Å²) >= 11 is 0. The van der Waals surface area contributed by atoms with Crippen molar-refractivity contribution in [2.45, 2.75) is 0 Å². The first-order chi connectivity index (χ1) is 6.45. The number of aromatic nitrogens is 2. The second kappa shape index (κ2) is 2.33. The van der Waals surface area contributed by atoms with Gasteiger partial charge in [0.1, 0.15) is 0 Å². The second-order valence-corrected chi connectivity index (χ2v) is 3.10. The summed E-state index contributed by atoms with van der Waals surface area (Å²) in [6.07, 6.45) is 2.06. The largest absolute Gasteiger partial charge is 0.284 e. The van der Waals surface area contributed by atoms with E-state index in [0.29, 0.717) is 0 Å². The Morgan fingerprint density at radius 3 is 2.77 bits per heavy atom. The number of nitrogens with one attached hydrogen (secondary N) is 1. The standard InChI is InChI=1S/C11H8N2/c1-2-6-10-9(5-1)12-11-7-3-4-8-13(10)11/h1-8H/p+1. The third-order valence-electron chi connectivity index (χ3n) is 2.29. The molecule has 13 heavy (non-hydrogen) atoms. The fourth-order valence-corrected chi connectivity index (χ4v) is 1.68. The molecule has 0 aliphatic rings. The Balaban J connectivity index is 2.64. The van der Waals surface area contributed by atoms with E-state index in [1.54, 1.807) is 0 Å². The van der Waals surface area contributed by atoms with Crippen LogP contribution in [0.2, 0.25) is 0 Å². The zero-order valence-corrected chi connectivity index (χ0v) is 7.07. The third kappa shape index (κ3) is 0.855. The van der Waals surface area contributed by atoms with E-state index < -0.39 is 0 Å². The average Bonchev–Trinajstić information content (AvgIpc) is 2.56. The number of imidazole rings is 1. The molecule has 2 nitrogen and oxygen atoms in total. The third-order valence-corrected chi connectivity index (χ3v) is 2.29. The van der Waals surface area contributed by atoms with E-state index in [2.05, 4.69) is 39.8 Å². The van der Waals surface area contributed by atoms with E-state index in [-0.39, 0.29) is 0 Å². The number of pyridine rings is 1. The van der Waals surface area contributed by atoms with E-state index in [4.69, 9.17) is 0 Å². The van der Waals surface area contributed by atoms with Gasteiger partial charge in [0.2, 0.25) is 0 Å². The van der Waals surface area contributed by atoms with Crippen LogP contribution in [0.3, 0.4) is 0 Å². The van der Waals surface area contributed by atoms with Crippen LogP contribution in [-0.2, 0) is 0 Å². The molecule has 0 spiro atoms. The van der Waals surface area contributed by atoms with Gasteiger partial charge in [-0.2, -0.15) is 4.40 Å². The fourth-order valence-electron chi connectivity index (χ4n) is 1.68. The Morgan fingerprint density at radius 1 is 0.923 bits per heavy atom. The van der Waals surface area contributed by atoms with Crippen molar-refractivity contribution in [1.82, 2.24) is 4.98 Å². The van der Waals surface area contributed by atoms with Crippen molar-refractivity contribution >= 4 is 16.7 Å². The second-order valence-electron chi connectivity index (χ2n) is 3.10. The Hall–Kier alpha value is -1.83.